The number of likely N-dealkylation sites (N-methyl/N-ethyl adjacent to an activating group) is 1. The van der Waals surface area contributed by atoms with Gasteiger partial charge in [0.15, 0.2) is 0 Å². The number of nitrogens with zero attached hydrogens (tertiary/aromatic N) is 1. The number of rotatable bonds is 10. The highest BCUT2D eigenvalue weighted by Gasteiger charge is 2.15. The predicted octanol–water partition coefficient (Wildman–Crippen LogP) is -0.0977. The van der Waals surface area contributed by atoms with Gasteiger partial charge in [0.2, 0.25) is 11.8 Å². The molecule has 0 aliphatic carbocycles. The smallest absolute Gasteiger partial charge is 0.307 e. The van der Waals surface area contributed by atoms with Crippen LogP contribution in [0, 0.1) is 0 Å². The van der Waals surface area contributed by atoms with E-state index in [-0.39, 0.29) is 43.3 Å². The zero-order valence-corrected chi connectivity index (χ0v) is 13.4. The van der Waals surface area contributed by atoms with Crippen LogP contribution in [0.25, 0.3) is 0 Å². The van der Waals surface area contributed by atoms with Crippen molar-refractivity contribution in [3.8, 4) is 0 Å². The van der Waals surface area contributed by atoms with Crippen LogP contribution < -0.4 is 10.6 Å². The van der Waals surface area contributed by atoms with Crippen LogP contribution in [0.5, 0.6) is 0 Å². The van der Waals surface area contributed by atoms with Crippen LogP contribution >= 0.6 is 0 Å². The Balaban J connectivity index is 4.00. The molecule has 0 aliphatic heterocycles. The van der Waals surface area contributed by atoms with Gasteiger partial charge < -0.3 is 20.3 Å². The summed E-state index contributed by atoms with van der Waals surface area (Å²) in [5, 5.41) is 5.62. The molecule has 2 N–H and O–H groups in total. The largest absolute Gasteiger partial charge is 0.466 e. The normalized spacial score (nSPS) is 10.3. The Hall–Kier alpha value is -1.63. The van der Waals surface area contributed by atoms with Crippen LogP contribution in [0.4, 0.5) is 0 Å². The average molecular weight is 301 g/mol. The molecule has 0 heterocycles. The Morgan fingerprint density at radius 2 is 1.86 bits per heavy atom. The molecule has 0 rings (SSSR count). The molecule has 0 bridgehead atoms. The molecule has 0 atom stereocenters. The Morgan fingerprint density at radius 1 is 1.19 bits per heavy atom. The topological polar surface area (TPSA) is 87.7 Å². The highest BCUT2D eigenvalue weighted by molar-refractivity contribution is 5.85. The summed E-state index contributed by atoms with van der Waals surface area (Å²) in [4.78, 5) is 36.1. The highest BCUT2D eigenvalue weighted by Crippen LogP contribution is 1.91. The van der Waals surface area contributed by atoms with Gasteiger partial charge in [-0.15, -0.1) is 0 Å². The van der Waals surface area contributed by atoms with Crippen LogP contribution in [0.3, 0.4) is 0 Å². The van der Waals surface area contributed by atoms with E-state index in [4.69, 9.17) is 4.74 Å². The Kier molecular flexibility index (Phi) is 10.2. The summed E-state index contributed by atoms with van der Waals surface area (Å²) >= 11 is 0. The van der Waals surface area contributed by atoms with E-state index in [1.54, 1.807) is 6.92 Å². The fraction of sp³-hybridized carbons (Fsp3) is 0.786. The van der Waals surface area contributed by atoms with Gasteiger partial charge in [-0.1, -0.05) is 0 Å². The van der Waals surface area contributed by atoms with Gasteiger partial charge >= 0.3 is 5.97 Å². The Labute approximate surface area is 126 Å². The molecular formula is C14H27N3O4. The van der Waals surface area contributed by atoms with Gasteiger partial charge in [0.1, 0.15) is 0 Å². The molecule has 0 radical (unpaired) electrons. The number of hydrogen-bond donors (Lipinski definition) is 2. The molecule has 0 spiro atoms. The molecule has 0 saturated heterocycles. The number of amides is 2. The number of hydrogen-bond acceptors (Lipinski definition) is 5. The summed E-state index contributed by atoms with van der Waals surface area (Å²) < 4.78 is 4.78. The minimum Gasteiger partial charge on any atom is -0.466 e. The lowest BCUT2D eigenvalue weighted by Gasteiger charge is -2.21. The van der Waals surface area contributed by atoms with E-state index in [9.17, 15) is 14.4 Å². The molecule has 122 valence electrons. The fourth-order valence-corrected chi connectivity index (χ4v) is 1.65. The first kappa shape index (κ1) is 19.4. The fourth-order valence-electron chi connectivity index (χ4n) is 1.65. The molecule has 21 heavy (non-hydrogen) atoms. The van der Waals surface area contributed by atoms with Gasteiger partial charge in [-0.25, -0.2) is 0 Å². The van der Waals surface area contributed by atoms with Gasteiger partial charge in [-0.2, -0.15) is 0 Å². The van der Waals surface area contributed by atoms with Crippen LogP contribution in [0.1, 0.15) is 34.1 Å². The van der Waals surface area contributed by atoms with Crippen LogP contribution in [-0.2, 0) is 19.1 Å². The van der Waals surface area contributed by atoms with Crippen LogP contribution in [0.15, 0.2) is 0 Å². The zero-order chi connectivity index (χ0) is 16.3. The van der Waals surface area contributed by atoms with E-state index < -0.39 is 0 Å². The van der Waals surface area contributed by atoms with E-state index in [0.717, 1.165) is 0 Å². The van der Waals surface area contributed by atoms with Gasteiger partial charge in [0.25, 0.3) is 0 Å². The first-order chi connectivity index (χ1) is 9.90. The summed E-state index contributed by atoms with van der Waals surface area (Å²) in [6.45, 7) is 8.64. The molecular weight excluding hydrogens is 274 g/mol. The maximum Gasteiger partial charge on any atom is 0.307 e. The molecule has 0 saturated carbocycles. The standard InChI is InChI=1S/C14H27N3O4/c1-5-17(10-12(18)16-11(3)4)13(19)9-15-8-7-14(20)21-6-2/h11,15H,5-10H2,1-4H3,(H,16,18). The maximum absolute atomic E-state index is 11.9. The van der Waals surface area contributed by atoms with E-state index >= 15 is 0 Å². The van der Waals surface area contributed by atoms with E-state index in [0.29, 0.717) is 19.7 Å². The summed E-state index contributed by atoms with van der Waals surface area (Å²) in [6, 6.07) is 0.0500. The molecule has 7 nitrogen and oxygen atoms in total. The third kappa shape index (κ3) is 9.84. The van der Waals surface area contributed by atoms with Gasteiger partial charge in [-0.05, 0) is 27.7 Å². The van der Waals surface area contributed by atoms with Crippen molar-refractivity contribution < 1.29 is 19.1 Å². The summed E-state index contributed by atoms with van der Waals surface area (Å²) in [7, 11) is 0. The minimum absolute atomic E-state index is 0.0487. The maximum atomic E-state index is 11.9. The summed E-state index contributed by atoms with van der Waals surface area (Å²) in [5.41, 5.74) is 0. The lowest BCUT2D eigenvalue weighted by molar-refractivity contribution is -0.143. The monoisotopic (exact) mass is 301 g/mol. The summed E-state index contributed by atoms with van der Waals surface area (Å²) in [6.07, 6.45) is 0.223. The number of ether oxygens (including phenoxy) is 1. The van der Waals surface area contributed by atoms with Gasteiger partial charge in [-0.3, -0.25) is 14.4 Å². The van der Waals surface area contributed by atoms with Crippen molar-refractivity contribution in [3.05, 3.63) is 0 Å². The second kappa shape index (κ2) is 11.1. The third-order valence-electron chi connectivity index (χ3n) is 2.61. The third-order valence-corrected chi connectivity index (χ3v) is 2.61. The number of nitrogens with one attached hydrogen (secondary N) is 2. The lowest BCUT2D eigenvalue weighted by Crippen LogP contribution is -2.45. The molecule has 0 aromatic carbocycles. The quantitative estimate of drug-likeness (QED) is 0.435. The van der Waals surface area contributed by atoms with Crippen molar-refractivity contribution in [3.63, 3.8) is 0 Å². The minimum atomic E-state index is -0.291. The number of carbonyl (C=O) groups is 3. The van der Waals surface area contributed by atoms with Gasteiger partial charge in [0, 0.05) is 19.1 Å². The van der Waals surface area contributed by atoms with Crippen molar-refractivity contribution in [1.29, 1.82) is 0 Å². The predicted molar refractivity (Wildman–Crippen MR) is 79.7 cm³/mol. The van der Waals surface area contributed by atoms with Crippen molar-refractivity contribution in [2.45, 2.75) is 40.2 Å². The van der Waals surface area contributed by atoms with Crippen molar-refractivity contribution in [2.24, 2.45) is 0 Å². The van der Waals surface area contributed by atoms with Crippen LogP contribution in [0.2, 0.25) is 0 Å². The SMILES string of the molecule is CCOC(=O)CCNCC(=O)N(CC)CC(=O)NC(C)C. The first-order valence-corrected chi connectivity index (χ1v) is 7.34. The van der Waals surface area contributed by atoms with Crippen molar-refractivity contribution in [2.75, 3.05) is 32.8 Å². The second-order valence-corrected chi connectivity index (χ2v) is 4.86. The van der Waals surface area contributed by atoms with E-state index in [2.05, 4.69) is 10.6 Å². The van der Waals surface area contributed by atoms with Crippen LogP contribution in [-0.4, -0.2) is 61.5 Å². The number of esters is 1. The zero-order valence-electron chi connectivity index (χ0n) is 13.4. The van der Waals surface area contributed by atoms with E-state index in [1.165, 1.54) is 4.90 Å². The second-order valence-electron chi connectivity index (χ2n) is 4.86. The molecule has 0 fully saturated rings. The first-order valence-electron chi connectivity index (χ1n) is 7.34. The molecule has 0 unspecified atom stereocenters. The van der Waals surface area contributed by atoms with Crippen molar-refractivity contribution >= 4 is 17.8 Å². The number of carbonyl (C=O) groups excluding carboxylic acids is 3. The lowest BCUT2D eigenvalue weighted by atomic mass is 10.3. The molecule has 0 aromatic heterocycles. The van der Waals surface area contributed by atoms with Crippen molar-refractivity contribution in [1.82, 2.24) is 15.5 Å². The average Bonchev–Trinajstić information content (AvgIpc) is 2.40. The molecule has 2 amide bonds. The highest BCUT2D eigenvalue weighted by atomic mass is 16.5. The molecule has 7 heteroatoms. The summed E-state index contributed by atoms with van der Waals surface area (Å²) in [5.74, 6) is -0.631. The molecule has 0 aliphatic rings. The Morgan fingerprint density at radius 3 is 2.38 bits per heavy atom. The van der Waals surface area contributed by atoms with Gasteiger partial charge in [0.05, 0.1) is 26.1 Å². The van der Waals surface area contributed by atoms with E-state index in [1.807, 2.05) is 20.8 Å². The Bertz CT molecular complexity index is 345. The molecule has 0 aromatic rings.